The first kappa shape index (κ1) is 14.1. The highest BCUT2D eigenvalue weighted by Crippen LogP contribution is 2.15. The van der Waals surface area contributed by atoms with E-state index in [2.05, 4.69) is 11.9 Å². The Morgan fingerprint density at radius 1 is 1.50 bits per heavy atom. The first-order valence-electron chi connectivity index (χ1n) is 5.17. The van der Waals surface area contributed by atoms with E-state index in [9.17, 15) is 9.59 Å². The lowest BCUT2D eigenvalue weighted by Gasteiger charge is -2.19. The predicted molar refractivity (Wildman–Crippen MR) is 69.9 cm³/mol. The summed E-state index contributed by atoms with van der Waals surface area (Å²) >= 11 is 5.78. The third-order valence-electron chi connectivity index (χ3n) is 2.04. The second-order valence-corrected chi connectivity index (χ2v) is 3.94. The average molecular weight is 269 g/mol. The van der Waals surface area contributed by atoms with Gasteiger partial charge in [0.05, 0.1) is 0 Å². The number of nitrogens with one attached hydrogen (secondary N) is 1. The number of carbonyl (C=O) groups is 2. The maximum atomic E-state index is 11.8. The lowest BCUT2D eigenvalue weighted by atomic mass is 10.3. The van der Waals surface area contributed by atoms with Gasteiger partial charge in [-0.1, -0.05) is 23.7 Å². The third-order valence-corrected chi connectivity index (χ3v) is 2.27. The van der Waals surface area contributed by atoms with Gasteiger partial charge in [0, 0.05) is 17.3 Å². The van der Waals surface area contributed by atoms with Crippen molar-refractivity contribution >= 4 is 29.3 Å². The van der Waals surface area contributed by atoms with E-state index < -0.39 is 18.5 Å². The van der Waals surface area contributed by atoms with Gasteiger partial charge in [0.2, 0.25) is 0 Å². The topological polar surface area (TPSA) is 69.6 Å². The molecule has 0 unspecified atom stereocenters. The monoisotopic (exact) mass is 268 g/mol. The largest absolute Gasteiger partial charge is 0.480 e. The molecule has 1 aromatic carbocycles. The highest BCUT2D eigenvalue weighted by atomic mass is 35.5. The number of halogens is 1. The number of carboxylic acid groups (broad SMARTS) is 1. The SMILES string of the molecule is C=CCN(CC(=O)O)C(=O)Nc1cccc(Cl)c1. The molecule has 0 aliphatic heterocycles. The van der Waals surface area contributed by atoms with Crippen LogP contribution in [0.25, 0.3) is 0 Å². The standard InChI is InChI=1S/C12H13ClN2O3/c1-2-6-15(8-11(16)17)12(18)14-10-5-3-4-9(13)7-10/h2-5,7H,1,6,8H2,(H,14,18)(H,16,17). The number of carbonyl (C=O) groups excluding carboxylic acids is 1. The summed E-state index contributed by atoms with van der Waals surface area (Å²) in [6.07, 6.45) is 1.46. The van der Waals surface area contributed by atoms with Crippen LogP contribution in [-0.4, -0.2) is 35.1 Å². The maximum Gasteiger partial charge on any atom is 0.323 e. The van der Waals surface area contributed by atoms with Crippen molar-refractivity contribution in [3.8, 4) is 0 Å². The van der Waals surface area contributed by atoms with Crippen molar-refractivity contribution in [2.45, 2.75) is 0 Å². The van der Waals surface area contributed by atoms with Crippen LogP contribution in [0.1, 0.15) is 0 Å². The molecule has 6 heteroatoms. The van der Waals surface area contributed by atoms with Crippen molar-refractivity contribution in [2.75, 3.05) is 18.4 Å². The van der Waals surface area contributed by atoms with Gasteiger partial charge >= 0.3 is 12.0 Å². The predicted octanol–water partition coefficient (Wildman–Crippen LogP) is 2.44. The van der Waals surface area contributed by atoms with Gasteiger partial charge in [0.25, 0.3) is 0 Å². The minimum Gasteiger partial charge on any atom is -0.480 e. The molecule has 0 atom stereocenters. The van der Waals surface area contributed by atoms with Crippen molar-refractivity contribution in [3.05, 3.63) is 41.9 Å². The summed E-state index contributed by atoms with van der Waals surface area (Å²) in [5.41, 5.74) is 0.506. The van der Waals surface area contributed by atoms with Gasteiger partial charge in [0.15, 0.2) is 0 Å². The van der Waals surface area contributed by atoms with Gasteiger partial charge in [-0.2, -0.15) is 0 Å². The van der Waals surface area contributed by atoms with E-state index in [1.165, 1.54) is 6.08 Å². The van der Waals surface area contributed by atoms with E-state index in [1.54, 1.807) is 24.3 Å². The Hall–Kier alpha value is -2.01. The smallest absolute Gasteiger partial charge is 0.323 e. The molecule has 0 aliphatic carbocycles. The Balaban J connectivity index is 2.71. The average Bonchev–Trinajstić information content (AvgIpc) is 2.27. The van der Waals surface area contributed by atoms with Gasteiger partial charge in [-0.15, -0.1) is 6.58 Å². The first-order chi connectivity index (χ1) is 8.52. The summed E-state index contributed by atoms with van der Waals surface area (Å²) in [4.78, 5) is 23.5. The van der Waals surface area contributed by atoms with Crippen LogP contribution in [-0.2, 0) is 4.79 Å². The molecule has 0 aliphatic rings. The molecule has 96 valence electrons. The molecule has 0 heterocycles. The lowest BCUT2D eigenvalue weighted by Crippen LogP contribution is -2.38. The molecule has 0 aromatic heterocycles. The second kappa shape index (κ2) is 6.66. The minimum atomic E-state index is -1.09. The van der Waals surface area contributed by atoms with Crippen LogP contribution in [0.3, 0.4) is 0 Å². The molecule has 2 N–H and O–H groups in total. The Labute approximate surface area is 110 Å². The molecular formula is C12H13ClN2O3. The number of hydrogen-bond acceptors (Lipinski definition) is 2. The van der Waals surface area contributed by atoms with E-state index in [0.29, 0.717) is 10.7 Å². The van der Waals surface area contributed by atoms with E-state index >= 15 is 0 Å². The van der Waals surface area contributed by atoms with Crippen LogP contribution < -0.4 is 5.32 Å². The zero-order valence-electron chi connectivity index (χ0n) is 9.60. The molecule has 0 spiro atoms. The fourth-order valence-corrected chi connectivity index (χ4v) is 1.50. The second-order valence-electron chi connectivity index (χ2n) is 3.50. The number of urea groups is 1. The molecule has 18 heavy (non-hydrogen) atoms. The van der Waals surface area contributed by atoms with E-state index in [-0.39, 0.29) is 6.54 Å². The van der Waals surface area contributed by atoms with Gasteiger partial charge in [-0.05, 0) is 18.2 Å². The number of benzene rings is 1. The van der Waals surface area contributed by atoms with Gasteiger partial charge < -0.3 is 15.3 Å². The van der Waals surface area contributed by atoms with Crippen molar-refractivity contribution in [1.29, 1.82) is 0 Å². The van der Waals surface area contributed by atoms with Gasteiger partial charge in [-0.3, -0.25) is 4.79 Å². The summed E-state index contributed by atoms with van der Waals surface area (Å²) in [7, 11) is 0. The molecule has 5 nitrogen and oxygen atoms in total. The molecule has 1 aromatic rings. The Kier molecular flexibility index (Phi) is 5.20. The molecule has 2 amide bonds. The zero-order valence-corrected chi connectivity index (χ0v) is 10.4. The lowest BCUT2D eigenvalue weighted by molar-refractivity contribution is -0.137. The fraction of sp³-hybridized carbons (Fsp3) is 0.167. The first-order valence-corrected chi connectivity index (χ1v) is 5.55. The minimum absolute atomic E-state index is 0.151. The number of nitrogens with zero attached hydrogens (tertiary/aromatic N) is 1. The van der Waals surface area contributed by atoms with E-state index in [1.807, 2.05) is 0 Å². The zero-order chi connectivity index (χ0) is 13.5. The molecule has 1 rings (SSSR count). The fourth-order valence-electron chi connectivity index (χ4n) is 1.31. The summed E-state index contributed by atoms with van der Waals surface area (Å²) in [6, 6.07) is 6.09. The summed E-state index contributed by atoms with van der Waals surface area (Å²) < 4.78 is 0. The number of carboxylic acids is 1. The van der Waals surface area contributed by atoms with Crippen molar-refractivity contribution in [1.82, 2.24) is 4.90 Å². The number of anilines is 1. The molecular weight excluding hydrogens is 256 g/mol. The quantitative estimate of drug-likeness (QED) is 0.806. The normalized spacial score (nSPS) is 9.61. The molecule has 0 fully saturated rings. The number of hydrogen-bond donors (Lipinski definition) is 2. The van der Waals surface area contributed by atoms with Crippen LogP contribution in [0.2, 0.25) is 5.02 Å². The van der Waals surface area contributed by atoms with Crippen molar-refractivity contribution in [2.24, 2.45) is 0 Å². The highest BCUT2D eigenvalue weighted by Gasteiger charge is 2.15. The van der Waals surface area contributed by atoms with Crippen LogP contribution in [0.15, 0.2) is 36.9 Å². The van der Waals surface area contributed by atoms with Crippen molar-refractivity contribution < 1.29 is 14.7 Å². The van der Waals surface area contributed by atoms with E-state index in [0.717, 1.165) is 4.90 Å². The van der Waals surface area contributed by atoms with E-state index in [4.69, 9.17) is 16.7 Å². The molecule has 0 saturated carbocycles. The Bertz CT molecular complexity index is 462. The van der Waals surface area contributed by atoms with Crippen LogP contribution in [0, 0.1) is 0 Å². The Morgan fingerprint density at radius 2 is 2.22 bits per heavy atom. The van der Waals surface area contributed by atoms with Crippen molar-refractivity contribution in [3.63, 3.8) is 0 Å². The number of aliphatic carboxylic acids is 1. The molecule has 0 bridgehead atoms. The summed E-state index contributed by atoms with van der Waals surface area (Å²) in [5, 5.41) is 11.7. The molecule has 0 saturated heterocycles. The summed E-state index contributed by atoms with van der Waals surface area (Å²) in [5.74, 6) is -1.09. The Morgan fingerprint density at radius 3 is 2.78 bits per heavy atom. The maximum absolute atomic E-state index is 11.8. The number of rotatable bonds is 5. The molecule has 0 radical (unpaired) electrons. The number of amides is 2. The van der Waals surface area contributed by atoms with Crippen LogP contribution in [0.4, 0.5) is 10.5 Å². The third kappa shape index (κ3) is 4.47. The highest BCUT2D eigenvalue weighted by molar-refractivity contribution is 6.30. The van der Waals surface area contributed by atoms with Crippen LogP contribution in [0.5, 0.6) is 0 Å². The summed E-state index contributed by atoms with van der Waals surface area (Å²) in [6.45, 7) is 3.24. The van der Waals surface area contributed by atoms with Gasteiger partial charge in [-0.25, -0.2) is 4.79 Å². The van der Waals surface area contributed by atoms with Crippen LogP contribution >= 0.6 is 11.6 Å². The van der Waals surface area contributed by atoms with Gasteiger partial charge in [0.1, 0.15) is 6.54 Å².